The van der Waals surface area contributed by atoms with Crippen molar-refractivity contribution in [3.8, 4) is 5.75 Å². The van der Waals surface area contributed by atoms with E-state index in [1.54, 1.807) is 37.1 Å². The van der Waals surface area contributed by atoms with Crippen LogP contribution in [0.5, 0.6) is 5.75 Å². The van der Waals surface area contributed by atoms with Gasteiger partial charge in [-0.15, -0.1) is 0 Å². The summed E-state index contributed by atoms with van der Waals surface area (Å²) in [7, 11) is 1.73. The fourth-order valence-electron chi connectivity index (χ4n) is 3.71. The van der Waals surface area contributed by atoms with Crippen molar-refractivity contribution in [3.63, 3.8) is 0 Å². The number of benzene rings is 2. The molecule has 0 bridgehead atoms. The van der Waals surface area contributed by atoms with E-state index in [0.717, 1.165) is 11.3 Å². The molecule has 0 aliphatic carbocycles. The van der Waals surface area contributed by atoms with Crippen molar-refractivity contribution < 1.29 is 19.4 Å². The standard InChI is InChI=1S/C23H26Cl2N2O4/c1-15(31-21-7-6-18(24)13-20(21)25)22(28)26(2)14-16-4-3-5-19(12-16)27-10-8-17(9-11-27)23(29)30/h3-7,12-13,15,17H,8-11,14H2,1-2H3,(H,29,30). The Morgan fingerprint density at radius 2 is 1.90 bits per heavy atom. The zero-order chi connectivity index (χ0) is 22.5. The molecule has 0 aromatic heterocycles. The molecule has 1 saturated heterocycles. The summed E-state index contributed by atoms with van der Waals surface area (Å²) in [5.41, 5.74) is 2.03. The Kier molecular flexibility index (Phi) is 7.68. The number of nitrogens with zero attached hydrogens (tertiary/aromatic N) is 2. The number of ether oxygens (including phenoxy) is 1. The van der Waals surface area contributed by atoms with Crippen LogP contribution in [0.3, 0.4) is 0 Å². The molecule has 1 aliphatic rings. The lowest BCUT2D eigenvalue weighted by molar-refractivity contribution is -0.142. The van der Waals surface area contributed by atoms with Crippen LogP contribution in [0.2, 0.25) is 10.0 Å². The van der Waals surface area contributed by atoms with Crippen molar-refractivity contribution in [1.29, 1.82) is 0 Å². The average molecular weight is 465 g/mol. The Balaban J connectivity index is 1.59. The highest BCUT2D eigenvalue weighted by atomic mass is 35.5. The largest absolute Gasteiger partial charge is 0.481 e. The van der Waals surface area contributed by atoms with Gasteiger partial charge in [0.05, 0.1) is 10.9 Å². The second-order valence-corrected chi connectivity index (χ2v) is 8.64. The molecule has 1 N–H and O–H groups in total. The normalized spacial score (nSPS) is 15.4. The third-order valence-corrected chi connectivity index (χ3v) is 5.99. The highest BCUT2D eigenvalue weighted by Crippen LogP contribution is 2.29. The summed E-state index contributed by atoms with van der Waals surface area (Å²) < 4.78 is 5.73. The maximum atomic E-state index is 12.8. The molecule has 0 saturated carbocycles. The molecule has 1 atom stereocenters. The summed E-state index contributed by atoms with van der Waals surface area (Å²) in [6.07, 6.45) is 0.571. The molecule has 31 heavy (non-hydrogen) atoms. The van der Waals surface area contributed by atoms with E-state index in [-0.39, 0.29) is 11.8 Å². The number of carbonyl (C=O) groups is 2. The quantitative estimate of drug-likeness (QED) is 0.641. The molecular weight excluding hydrogens is 439 g/mol. The Hall–Kier alpha value is -2.44. The third-order valence-electron chi connectivity index (χ3n) is 5.46. The van der Waals surface area contributed by atoms with Crippen molar-refractivity contribution in [1.82, 2.24) is 4.90 Å². The molecule has 8 heteroatoms. The molecule has 2 aromatic rings. The maximum Gasteiger partial charge on any atom is 0.306 e. The fraction of sp³-hybridized carbons (Fsp3) is 0.391. The van der Waals surface area contributed by atoms with Crippen LogP contribution in [0.1, 0.15) is 25.3 Å². The summed E-state index contributed by atoms with van der Waals surface area (Å²) in [6, 6.07) is 12.9. The molecule has 0 spiro atoms. The molecule has 6 nitrogen and oxygen atoms in total. The summed E-state index contributed by atoms with van der Waals surface area (Å²) in [6.45, 7) is 3.54. The first kappa shape index (κ1) is 23.2. The number of halogens is 2. The first-order valence-electron chi connectivity index (χ1n) is 10.2. The zero-order valence-corrected chi connectivity index (χ0v) is 19.1. The molecule has 3 rings (SSSR count). The van der Waals surface area contributed by atoms with E-state index < -0.39 is 12.1 Å². The molecule has 2 aromatic carbocycles. The van der Waals surface area contributed by atoms with Crippen LogP contribution in [-0.4, -0.2) is 48.1 Å². The number of hydrogen-bond acceptors (Lipinski definition) is 4. The van der Waals surface area contributed by atoms with Gasteiger partial charge in [-0.2, -0.15) is 0 Å². The van der Waals surface area contributed by atoms with Gasteiger partial charge in [0.15, 0.2) is 6.10 Å². The second kappa shape index (κ2) is 10.2. The lowest BCUT2D eigenvalue weighted by Gasteiger charge is -2.32. The number of anilines is 1. The van der Waals surface area contributed by atoms with Gasteiger partial charge in [-0.3, -0.25) is 9.59 Å². The maximum absolute atomic E-state index is 12.8. The number of amides is 1. The molecule has 1 amide bonds. The number of carbonyl (C=O) groups excluding carboxylic acids is 1. The summed E-state index contributed by atoms with van der Waals surface area (Å²) in [5.74, 6) is -0.741. The Morgan fingerprint density at radius 1 is 1.19 bits per heavy atom. The third kappa shape index (κ3) is 6.05. The number of carboxylic acid groups (broad SMARTS) is 1. The average Bonchev–Trinajstić information content (AvgIpc) is 2.75. The molecule has 1 unspecified atom stereocenters. The van der Waals surface area contributed by atoms with Crippen LogP contribution in [-0.2, 0) is 16.1 Å². The summed E-state index contributed by atoms with van der Waals surface area (Å²) in [4.78, 5) is 27.8. The second-order valence-electron chi connectivity index (χ2n) is 7.80. The highest BCUT2D eigenvalue weighted by Gasteiger charge is 2.25. The number of carboxylic acids is 1. The summed E-state index contributed by atoms with van der Waals surface area (Å²) in [5, 5.41) is 10.0. The number of hydrogen-bond donors (Lipinski definition) is 1. The minimum absolute atomic E-state index is 0.168. The Bertz CT molecular complexity index is 945. The van der Waals surface area contributed by atoms with Crippen LogP contribution in [0.15, 0.2) is 42.5 Å². The lowest BCUT2D eigenvalue weighted by atomic mass is 9.96. The minimum Gasteiger partial charge on any atom is -0.481 e. The fourth-order valence-corrected chi connectivity index (χ4v) is 4.16. The first-order valence-corrected chi connectivity index (χ1v) is 10.9. The summed E-state index contributed by atoms with van der Waals surface area (Å²) >= 11 is 12.0. The topological polar surface area (TPSA) is 70.1 Å². The van der Waals surface area contributed by atoms with E-state index >= 15 is 0 Å². The predicted molar refractivity (Wildman–Crippen MR) is 122 cm³/mol. The van der Waals surface area contributed by atoms with Gasteiger partial charge in [-0.1, -0.05) is 35.3 Å². The van der Waals surface area contributed by atoms with Crippen LogP contribution < -0.4 is 9.64 Å². The molecule has 1 fully saturated rings. The number of aliphatic carboxylic acids is 1. The number of piperidine rings is 1. The molecular formula is C23H26Cl2N2O4. The molecule has 166 valence electrons. The van der Waals surface area contributed by atoms with E-state index in [4.69, 9.17) is 27.9 Å². The van der Waals surface area contributed by atoms with Crippen molar-refractivity contribution >= 4 is 40.8 Å². The van der Waals surface area contributed by atoms with Crippen molar-refractivity contribution in [2.24, 2.45) is 5.92 Å². The van der Waals surface area contributed by atoms with Gasteiger partial charge in [-0.25, -0.2) is 0 Å². The molecule has 1 heterocycles. The van der Waals surface area contributed by atoms with E-state index in [1.807, 2.05) is 24.3 Å². The monoisotopic (exact) mass is 464 g/mol. The SMILES string of the molecule is CC(Oc1ccc(Cl)cc1Cl)C(=O)N(C)Cc1cccc(N2CCC(C(=O)O)CC2)c1. The van der Waals surface area contributed by atoms with Crippen molar-refractivity contribution in [3.05, 3.63) is 58.1 Å². The van der Waals surface area contributed by atoms with Crippen LogP contribution in [0, 0.1) is 5.92 Å². The highest BCUT2D eigenvalue weighted by molar-refractivity contribution is 6.35. The van der Waals surface area contributed by atoms with Crippen molar-refractivity contribution in [2.45, 2.75) is 32.4 Å². The predicted octanol–water partition coefficient (Wildman–Crippen LogP) is 4.72. The van der Waals surface area contributed by atoms with Gasteiger partial charge in [0, 0.05) is 37.4 Å². The number of likely N-dealkylation sites (N-methyl/N-ethyl adjacent to an activating group) is 1. The van der Waals surface area contributed by atoms with E-state index in [0.29, 0.717) is 48.3 Å². The van der Waals surface area contributed by atoms with Gasteiger partial charge in [0.1, 0.15) is 5.75 Å². The molecule has 1 aliphatic heterocycles. The molecule has 0 radical (unpaired) electrons. The van der Waals surface area contributed by atoms with Gasteiger partial charge < -0.3 is 19.6 Å². The van der Waals surface area contributed by atoms with E-state index in [9.17, 15) is 14.7 Å². The van der Waals surface area contributed by atoms with E-state index in [1.165, 1.54) is 0 Å². The minimum atomic E-state index is -0.718. The smallest absolute Gasteiger partial charge is 0.306 e. The van der Waals surface area contributed by atoms with Gasteiger partial charge in [0.2, 0.25) is 0 Å². The Morgan fingerprint density at radius 3 is 2.55 bits per heavy atom. The van der Waals surface area contributed by atoms with Crippen LogP contribution in [0.4, 0.5) is 5.69 Å². The van der Waals surface area contributed by atoms with Gasteiger partial charge in [-0.05, 0) is 55.7 Å². The zero-order valence-electron chi connectivity index (χ0n) is 17.6. The van der Waals surface area contributed by atoms with E-state index in [2.05, 4.69) is 4.90 Å². The van der Waals surface area contributed by atoms with Crippen molar-refractivity contribution in [2.75, 3.05) is 25.0 Å². The van der Waals surface area contributed by atoms with Crippen LogP contribution in [0.25, 0.3) is 0 Å². The van der Waals surface area contributed by atoms with Crippen LogP contribution >= 0.6 is 23.2 Å². The first-order chi connectivity index (χ1) is 14.7. The van der Waals surface area contributed by atoms with Gasteiger partial charge >= 0.3 is 5.97 Å². The van der Waals surface area contributed by atoms with Gasteiger partial charge in [0.25, 0.3) is 5.91 Å². The number of rotatable bonds is 7. The lowest BCUT2D eigenvalue weighted by Crippen LogP contribution is -2.38. The Labute approximate surface area is 192 Å².